The zero-order chi connectivity index (χ0) is 18.6. The monoisotopic (exact) mass is 454 g/mol. The fourth-order valence-electron chi connectivity index (χ4n) is 2.71. The normalized spacial score (nSPS) is 15.8. The molecule has 2 aromatic carbocycles. The van der Waals surface area contributed by atoms with Crippen molar-refractivity contribution in [1.82, 2.24) is 9.21 Å². The lowest BCUT2D eigenvalue weighted by Gasteiger charge is -2.34. The number of halogens is 1. The molecule has 1 amide bonds. The van der Waals surface area contributed by atoms with E-state index in [1.165, 1.54) is 16.1 Å². The lowest BCUT2D eigenvalue weighted by molar-refractivity contribution is -0.129. The number of nitrogens with zero attached hydrogens (tertiary/aromatic N) is 2. The number of carbonyl (C=O) groups excluding carboxylic acids is 1. The Morgan fingerprint density at radius 2 is 1.58 bits per heavy atom. The third kappa shape index (κ3) is 4.49. The van der Waals surface area contributed by atoms with Crippen LogP contribution < -0.4 is 0 Å². The largest absolute Gasteiger partial charge is 0.339 e. The van der Waals surface area contributed by atoms with E-state index in [0.29, 0.717) is 36.8 Å². The van der Waals surface area contributed by atoms with Crippen molar-refractivity contribution >= 4 is 43.6 Å². The van der Waals surface area contributed by atoms with Crippen molar-refractivity contribution in [3.05, 3.63) is 59.1 Å². The topological polar surface area (TPSA) is 57.7 Å². The SMILES string of the molecule is O=C(CSc1ccccc1Br)N1CCN(S(=O)(=O)c2ccccc2)CC1. The van der Waals surface area contributed by atoms with Crippen molar-refractivity contribution in [2.24, 2.45) is 0 Å². The minimum absolute atomic E-state index is 0.0301. The summed E-state index contributed by atoms with van der Waals surface area (Å²) in [5.41, 5.74) is 0. The third-order valence-electron chi connectivity index (χ3n) is 4.16. The van der Waals surface area contributed by atoms with Crippen LogP contribution in [0.3, 0.4) is 0 Å². The predicted molar refractivity (Wildman–Crippen MR) is 107 cm³/mol. The van der Waals surface area contributed by atoms with Gasteiger partial charge in [-0.3, -0.25) is 4.79 Å². The zero-order valence-electron chi connectivity index (χ0n) is 14.0. The van der Waals surface area contributed by atoms with Crippen molar-refractivity contribution in [2.75, 3.05) is 31.9 Å². The summed E-state index contributed by atoms with van der Waals surface area (Å²) in [5.74, 6) is 0.371. The van der Waals surface area contributed by atoms with E-state index in [0.717, 1.165) is 9.37 Å². The molecule has 0 radical (unpaired) electrons. The predicted octanol–water partition coefficient (Wildman–Crippen LogP) is 3.07. The van der Waals surface area contributed by atoms with Crippen LogP contribution in [0, 0.1) is 0 Å². The van der Waals surface area contributed by atoms with Gasteiger partial charge in [0.05, 0.1) is 10.6 Å². The maximum Gasteiger partial charge on any atom is 0.243 e. The zero-order valence-corrected chi connectivity index (χ0v) is 17.3. The number of rotatable bonds is 5. The van der Waals surface area contributed by atoms with Gasteiger partial charge in [-0.05, 0) is 40.2 Å². The molecule has 1 fully saturated rings. The van der Waals surface area contributed by atoms with Gasteiger partial charge in [-0.15, -0.1) is 11.8 Å². The van der Waals surface area contributed by atoms with Crippen molar-refractivity contribution in [1.29, 1.82) is 0 Å². The van der Waals surface area contributed by atoms with E-state index in [1.807, 2.05) is 24.3 Å². The number of piperazine rings is 1. The second kappa shape index (κ2) is 8.56. The van der Waals surface area contributed by atoms with Gasteiger partial charge in [0, 0.05) is 35.5 Å². The minimum Gasteiger partial charge on any atom is -0.339 e. The smallest absolute Gasteiger partial charge is 0.243 e. The van der Waals surface area contributed by atoms with E-state index >= 15 is 0 Å². The van der Waals surface area contributed by atoms with E-state index in [-0.39, 0.29) is 5.91 Å². The van der Waals surface area contributed by atoms with Crippen LogP contribution in [0.15, 0.2) is 68.9 Å². The summed E-state index contributed by atoms with van der Waals surface area (Å²) in [5, 5.41) is 0. The maximum absolute atomic E-state index is 12.6. The van der Waals surface area contributed by atoms with Crippen molar-refractivity contribution < 1.29 is 13.2 Å². The van der Waals surface area contributed by atoms with Crippen LogP contribution in [0.5, 0.6) is 0 Å². The molecular formula is C18H19BrN2O3S2. The van der Waals surface area contributed by atoms with Crippen LogP contribution in [0.2, 0.25) is 0 Å². The molecule has 2 aromatic rings. The van der Waals surface area contributed by atoms with Gasteiger partial charge >= 0.3 is 0 Å². The fraction of sp³-hybridized carbons (Fsp3) is 0.278. The maximum atomic E-state index is 12.6. The summed E-state index contributed by atoms with van der Waals surface area (Å²) in [4.78, 5) is 15.5. The molecule has 1 aliphatic heterocycles. The Morgan fingerprint density at radius 3 is 2.23 bits per heavy atom. The third-order valence-corrected chi connectivity index (χ3v) is 8.09. The second-order valence-corrected chi connectivity index (χ2v) is 9.63. The van der Waals surface area contributed by atoms with E-state index < -0.39 is 10.0 Å². The van der Waals surface area contributed by atoms with E-state index in [9.17, 15) is 13.2 Å². The number of carbonyl (C=O) groups is 1. The molecule has 1 aliphatic rings. The molecular weight excluding hydrogens is 436 g/mol. The van der Waals surface area contributed by atoms with Crippen LogP contribution >= 0.6 is 27.7 Å². The van der Waals surface area contributed by atoms with Gasteiger partial charge in [-0.25, -0.2) is 8.42 Å². The quantitative estimate of drug-likeness (QED) is 0.651. The molecule has 8 heteroatoms. The molecule has 3 rings (SSSR count). The summed E-state index contributed by atoms with van der Waals surface area (Å²) in [7, 11) is -3.49. The molecule has 5 nitrogen and oxygen atoms in total. The Hall–Kier alpha value is -1.35. The number of sulfonamides is 1. The molecule has 0 saturated carbocycles. The van der Waals surface area contributed by atoms with Crippen LogP contribution in [0.4, 0.5) is 0 Å². The van der Waals surface area contributed by atoms with Crippen molar-refractivity contribution in [2.45, 2.75) is 9.79 Å². The summed E-state index contributed by atoms with van der Waals surface area (Å²) >= 11 is 4.96. The molecule has 0 bridgehead atoms. The molecule has 0 N–H and O–H groups in total. The number of thioether (sulfide) groups is 1. The van der Waals surface area contributed by atoms with E-state index in [2.05, 4.69) is 15.9 Å². The molecule has 0 unspecified atom stereocenters. The van der Waals surface area contributed by atoms with Crippen LogP contribution in [-0.2, 0) is 14.8 Å². The highest BCUT2D eigenvalue weighted by atomic mass is 79.9. The Kier molecular flexibility index (Phi) is 6.39. The van der Waals surface area contributed by atoms with Gasteiger partial charge in [0.2, 0.25) is 15.9 Å². The number of benzene rings is 2. The number of hydrogen-bond acceptors (Lipinski definition) is 4. The Labute approximate surface area is 166 Å². The van der Waals surface area contributed by atoms with Gasteiger partial charge in [0.1, 0.15) is 0 Å². The first-order valence-corrected chi connectivity index (χ1v) is 11.4. The van der Waals surface area contributed by atoms with Gasteiger partial charge in [0.15, 0.2) is 0 Å². The minimum atomic E-state index is -3.49. The highest BCUT2D eigenvalue weighted by Crippen LogP contribution is 2.27. The molecule has 138 valence electrons. The molecule has 0 aromatic heterocycles. The second-order valence-electron chi connectivity index (χ2n) is 5.82. The first-order chi connectivity index (χ1) is 12.5. The van der Waals surface area contributed by atoms with Gasteiger partial charge in [-0.2, -0.15) is 4.31 Å². The lowest BCUT2D eigenvalue weighted by atomic mass is 10.3. The Bertz CT molecular complexity index is 867. The standard InChI is InChI=1S/C18H19BrN2O3S2/c19-16-8-4-5-9-17(16)25-14-18(22)20-10-12-21(13-11-20)26(23,24)15-6-2-1-3-7-15/h1-9H,10-14H2. The van der Waals surface area contributed by atoms with Crippen molar-refractivity contribution in [3.8, 4) is 0 Å². The Morgan fingerprint density at radius 1 is 0.962 bits per heavy atom. The van der Waals surface area contributed by atoms with Crippen LogP contribution in [0.1, 0.15) is 0 Å². The summed E-state index contributed by atoms with van der Waals surface area (Å²) in [6, 6.07) is 16.2. The van der Waals surface area contributed by atoms with Gasteiger partial charge < -0.3 is 4.90 Å². The average Bonchev–Trinajstić information content (AvgIpc) is 2.68. The van der Waals surface area contributed by atoms with Gasteiger partial charge in [0.25, 0.3) is 0 Å². The van der Waals surface area contributed by atoms with Crippen molar-refractivity contribution in [3.63, 3.8) is 0 Å². The molecule has 0 spiro atoms. The highest BCUT2D eigenvalue weighted by Gasteiger charge is 2.29. The van der Waals surface area contributed by atoms with Gasteiger partial charge in [-0.1, -0.05) is 30.3 Å². The summed E-state index contributed by atoms with van der Waals surface area (Å²) in [6.45, 7) is 1.48. The average molecular weight is 455 g/mol. The first kappa shape index (κ1) is 19.4. The highest BCUT2D eigenvalue weighted by molar-refractivity contribution is 9.10. The van der Waals surface area contributed by atoms with E-state index in [1.54, 1.807) is 35.2 Å². The first-order valence-electron chi connectivity index (χ1n) is 8.19. The Balaban J connectivity index is 1.55. The number of hydrogen-bond donors (Lipinski definition) is 0. The van der Waals surface area contributed by atoms with E-state index in [4.69, 9.17) is 0 Å². The number of amides is 1. The van der Waals surface area contributed by atoms with Crippen LogP contribution in [-0.4, -0.2) is 55.5 Å². The summed E-state index contributed by atoms with van der Waals surface area (Å²) < 4.78 is 27.7. The van der Waals surface area contributed by atoms with Crippen LogP contribution in [0.25, 0.3) is 0 Å². The molecule has 0 atom stereocenters. The lowest BCUT2D eigenvalue weighted by Crippen LogP contribution is -2.50. The molecule has 26 heavy (non-hydrogen) atoms. The molecule has 0 aliphatic carbocycles. The molecule has 1 saturated heterocycles. The molecule has 1 heterocycles. The summed E-state index contributed by atoms with van der Waals surface area (Å²) in [6.07, 6.45) is 0. The fourth-order valence-corrected chi connectivity index (χ4v) is 5.63.